The molecule has 2 heterocycles. The van der Waals surface area contributed by atoms with Crippen molar-refractivity contribution < 1.29 is 13.9 Å². The summed E-state index contributed by atoms with van der Waals surface area (Å²) in [6.45, 7) is 0.0550. The minimum atomic E-state index is -0.477. The number of tetrazole rings is 1. The van der Waals surface area contributed by atoms with Gasteiger partial charge < -0.3 is 10.1 Å². The van der Waals surface area contributed by atoms with Gasteiger partial charge >= 0.3 is 5.69 Å². The quantitative estimate of drug-likeness (QED) is 0.492. The summed E-state index contributed by atoms with van der Waals surface area (Å²) in [4.78, 5) is 24.4. The number of hydrogen-bond donors (Lipinski definition) is 1. The molecule has 0 aliphatic carbocycles. The van der Waals surface area contributed by atoms with E-state index in [9.17, 15) is 14.0 Å². The Labute approximate surface area is 174 Å². The van der Waals surface area contributed by atoms with E-state index < -0.39 is 5.69 Å². The molecule has 8 nitrogen and oxygen atoms in total. The second-order valence-corrected chi connectivity index (χ2v) is 7.19. The van der Waals surface area contributed by atoms with Gasteiger partial charge in [0.2, 0.25) is 5.91 Å². The molecule has 1 amide bonds. The van der Waals surface area contributed by atoms with Gasteiger partial charge in [-0.3, -0.25) is 4.79 Å². The molecule has 0 saturated heterocycles. The molecule has 0 fully saturated rings. The maximum absolute atomic E-state index is 12.9. The monoisotopic (exact) mass is 425 g/mol. The molecular weight excluding hydrogens is 409 g/mol. The molecule has 4 aromatic rings. The third-order valence-electron chi connectivity index (χ3n) is 4.11. The van der Waals surface area contributed by atoms with Crippen molar-refractivity contribution in [2.45, 2.75) is 13.1 Å². The van der Waals surface area contributed by atoms with Crippen LogP contribution >= 0.6 is 11.3 Å². The molecule has 152 valence electrons. The third kappa shape index (κ3) is 4.61. The zero-order chi connectivity index (χ0) is 20.9. The molecule has 0 spiro atoms. The van der Waals surface area contributed by atoms with Crippen LogP contribution in [0.2, 0.25) is 0 Å². The lowest BCUT2D eigenvalue weighted by Gasteiger charge is -2.08. The molecule has 0 atom stereocenters. The third-order valence-corrected chi connectivity index (χ3v) is 4.95. The number of amides is 1. The van der Waals surface area contributed by atoms with E-state index >= 15 is 0 Å². The first kappa shape index (κ1) is 19.5. The first-order chi connectivity index (χ1) is 14.6. The minimum Gasteiger partial charge on any atom is -0.457 e. The van der Waals surface area contributed by atoms with E-state index in [1.165, 1.54) is 23.5 Å². The van der Waals surface area contributed by atoms with Gasteiger partial charge in [0.1, 0.15) is 28.9 Å². The van der Waals surface area contributed by atoms with Crippen molar-refractivity contribution in [3.8, 4) is 16.5 Å². The number of nitrogens with one attached hydrogen (secondary N) is 1. The van der Waals surface area contributed by atoms with Crippen LogP contribution < -0.4 is 15.7 Å². The minimum absolute atomic E-state index is 0.226. The van der Waals surface area contributed by atoms with E-state index in [0.29, 0.717) is 16.5 Å². The fourth-order valence-corrected chi connectivity index (χ4v) is 3.28. The maximum atomic E-state index is 12.9. The molecule has 2 aromatic heterocycles. The van der Waals surface area contributed by atoms with Crippen molar-refractivity contribution in [1.82, 2.24) is 25.1 Å². The van der Waals surface area contributed by atoms with Crippen molar-refractivity contribution in [2.24, 2.45) is 0 Å². The topological polar surface area (TPSA) is 91.0 Å². The Balaban J connectivity index is 1.31. The van der Waals surface area contributed by atoms with E-state index in [-0.39, 0.29) is 24.8 Å². The van der Waals surface area contributed by atoms with Gasteiger partial charge in [-0.15, -0.1) is 11.3 Å². The van der Waals surface area contributed by atoms with E-state index in [4.69, 9.17) is 4.74 Å². The van der Waals surface area contributed by atoms with Gasteiger partial charge in [-0.2, -0.15) is 9.36 Å². The molecular formula is C20H16FN5O3S. The Kier molecular flexibility index (Phi) is 5.66. The average molecular weight is 425 g/mol. The lowest BCUT2D eigenvalue weighted by molar-refractivity contribution is -0.122. The summed E-state index contributed by atoms with van der Waals surface area (Å²) < 4.78 is 20.7. The standard InChI is InChI=1S/C20H16FN5O3S/c21-15-5-9-17(10-6-15)29-16-7-3-14(4-8-16)12-22-18(27)13-25-20(28)26(24-23-25)19-2-1-11-30-19/h1-11H,12-13H2,(H,22,27). The van der Waals surface area contributed by atoms with Gasteiger partial charge in [0, 0.05) is 6.54 Å². The zero-order valence-electron chi connectivity index (χ0n) is 15.6. The SMILES string of the molecule is O=C(Cn1nnn(-c2cccs2)c1=O)NCc1ccc(Oc2ccc(F)cc2)cc1. The number of ether oxygens (including phenoxy) is 1. The fourth-order valence-electron chi connectivity index (χ4n) is 2.61. The zero-order valence-corrected chi connectivity index (χ0v) is 16.4. The predicted octanol–water partition coefficient (Wildman–Crippen LogP) is 2.74. The average Bonchev–Trinajstić information content (AvgIpc) is 3.40. The Bertz CT molecular complexity index is 1180. The van der Waals surface area contributed by atoms with E-state index in [1.807, 2.05) is 5.38 Å². The molecule has 0 unspecified atom stereocenters. The number of nitrogens with zero attached hydrogens (tertiary/aromatic N) is 4. The highest BCUT2D eigenvalue weighted by Gasteiger charge is 2.12. The van der Waals surface area contributed by atoms with E-state index in [2.05, 4.69) is 15.7 Å². The first-order valence-electron chi connectivity index (χ1n) is 8.94. The van der Waals surface area contributed by atoms with Crippen LogP contribution in [0.15, 0.2) is 70.8 Å². The Morgan fingerprint density at radius 2 is 1.73 bits per heavy atom. The van der Waals surface area contributed by atoms with E-state index in [0.717, 1.165) is 14.9 Å². The number of carbonyl (C=O) groups excluding carboxylic acids is 1. The van der Waals surface area contributed by atoms with Crippen LogP contribution in [0.25, 0.3) is 5.00 Å². The fraction of sp³-hybridized carbons (Fsp3) is 0.100. The molecule has 0 radical (unpaired) electrons. The van der Waals surface area contributed by atoms with Gasteiger partial charge in [-0.05, 0) is 69.9 Å². The summed E-state index contributed by atoms with van der Waals surface area (Å²) in [6.07, 6.45) is 0. The van der Waals surface area contributed by atoms with Crippen molar-refractivity contribution in [3.63, 3.8) is 0 Å². The number of halogens is 1. The molecule has 0 bridgehead atoms. The molecule has 4 rings (SSSR count). The van der Waals surface area contributed by atoms with Crippen LogP contribution in [0.5, 0.6) is 11.5 Å². The van der Waals surface area contributed by atoms with E-state index in [1.54, 1.807) is 48.5 Å². The molecule has 10 heteroatoms. The summed E-state index contributed by atoms with van der Waals surface area (Å²) in [6, 6.07) is 16.4. The normalized spacial score (nSPS) is 10.7. The van der Waals surface area contributed by atoms with Gasteiger partial charge in [0.15, 0.2) is 0 Å². The van der Waals surface area contributed by atoms with Gasteiger partial charge in [0.25, 0.3) is 0 Å². The van der Waals surface area contributed by atoms with Gasteiger partial charge in [0.05, 0.1) is 0 Å². The first-order valence-corrected chi connectivity index (χ1v) is 9.82. The highest BCUT2D eigenvalue weighted by Crippen LogP contribution is 2.21. The van der Waals surface area contributed by atoms with Crippen LogP contribution in [0, 0.1) is 5.82 Å². The number of benzene rings is 2. The molecule has 0 aliphatic rings. The van der Waals surface area contributed by atoms with Crippen LogP contribution in [0.3, 0.4) is 0 Å². The summed E-state index contributed by atoms with van der Waals surface area (Å²) in [5.41, 5.74) is 0.374. The molecule has 1 N–H and O–H groups in total. The molecule has 0 saturated carbocycles. The molecule has 2 aromatic carbocycles. The highest BCUT2D eigenvalue weighted by molar-refractivity contribution is 7.12. The van der Waals surface area contributed by atoms with Crippen LogP contribution in [-0.2, 0) is 17.9 Å². The number of carbonyl (C=O) groups is 1. The van der Waals surface area contributed by atoms with Gasteiger partial charge in [-0.25, -0.2) is 9.18 Å². The Morgan fingerprint density at radius 1 is 1.03 bits per heavy atom. The smallest absolute Gasteiger partial charge is 0.369 e. The van der Waals surface area contributed by atoms with Gasteiger partial charge in [-0.1, -0.05) is 12.1 Å². The van der Waals surface area contributed by atoms with Crippen LogP contribution in [0.1, 0.15) is 5.56 Å². The Hall–Kier alpha value is -3.79. The largest absolute Gasteiger partial charge is 0.457 e. The predicted molar refractivity (Wildman–Crippen MR) is 108 cm³/mol. The van der Waals surface area contributed by atoms with Crippen LogP contribution in [0.4, 0.5) is 4.39 Å². The van der Waals surface area contributed by atoms with Crippen LogP contribution in [-0.4, -0.2) is 25.7 Å². The van der Waals surface area contributed by atoms with Crippen molar-refractivity contribution in [1.29, 1.82) is 0 Å². The van der Waals surface area contributed by atoms with Crippen molar-refractivity contribution >= 4 is 17.2 Å². The summed E-state index contributed by atoms with van der Waals surface area (Å²) in [5.74, 6) is 0.429. The number of aromatic nitrogens is 4. The maximum Gasteiger partial charge on any atom is 0.369 e. The lowest BCUT2D eigenvalue weighted by Crippen LogP contribution is -2.33. The molecule has 30 heavy (non-hydrogen) atoms. The molecule has 0 aliphatic heterocycles. The number of rotatable bonds is 7. The van der Waals surface area contributed by atoms with Crippen molar-refractivity contribution in [3.05, 3.63) is 87.9 Å². The summed E-state index contributed by atoms with van der Waals surface area (Å²) in [7, 11) is 0. The summed E-state index contributed by atoms with van der Waals surface area (Å²) >= 11 is 1.35. The highest BCUT2D eigenvalue weighted by atomic mass is 32.1. The number of thiophene rings is 1. The summed E-state index contributed by atoms with van der Waals surface area (Å²) in [5, 5.41) is 12.7. The second-order valence-electron chi connectivity index (χ2n) is 6.26. The van der Waals surface area contributed by atoms with Crippen molar-refractivity contribution in [2.75, 3.05) is 0 Å². The Morgan fingerprint density at radius 3 is 2.40 bits per heavy atom. The second kappa shape index (κ2) is 8.70. The lowest BCUT2D eigenvalue weighted by atomic mass is 10.2. The number of hydrogen-bond acceptors (Lipinski definition) is 6.